The summed E-state index contributed by atoms with van der Waals surface area (Å²) in [5.74, 6) is 2.47. The fourth-order valence-corrected chi connectivity index (χ4v) is 4.23. The topological polar surface area (TPSA) is 107 Å². The summed E-state index contributed by atoms with van der Waals surface area (Å²) in [5, 5.41) is 17.6. The summed E-state index contributed by atoms with van der Waals surface area (Å²) in [7, 11) is 3.17. The molecule has 0 saturated heterocycles. The maximum Gasteiger partial charge on any atom is 0.269 e. The van der Waals surface area contributed by atoms with Crippen molar-refractivity contribution < 1.29 is 19.1 Å². The van der Waals surface area contributed by atoms with Crippen LogP contribution in [0.5, 0.6) is 17.2 Å². The second kappa shape index (κ2) is 11.2. The lowest BCUT2D eigenvalue weighted by Gasteiger charge is -2.31. The Morgan fingerprint density at radius 3 is 2.29 bits per heavy atom. The normalized spacial score (nSPS) is 16.3. The van der Waals surface area contributed by atoms with Crippen LogP contribution in [0.2, 0.25) is 0 Å². The van der Waals surface area contributed by atoms with E-state index in [0.717, 1.165) is 35.4 Å². The maximum atomic E-state index is 11.1. The van der Waals surface area contributed by atoms with Crippen molar-refractivity contribution in [3.8, 4) is 17.2 Å². The molecule has 9 nitrogen and oxygen atoms in total. The second-order valence-electron chi connectivity index (χ2n) is 9.29. The number of anilines is 2. The zero-order chi connectivity index (χ0) is 27.3. The third kappa shape index (κ3) is 6.23. The highest BCUT2D eigenvalue weighted by molar-refractivity contribution is 6.05. The van der Waals surface area contributed by atoms with E-state index in [0.29, 0.717) is 28.8 Å². The van der Waals surface area contributed by atoms with Crippen molar-refractivity contribution in [1.29, 1.82) is 0 Å². The Kier molecular flexibility index (Phi) is 7.85. The van der Waals surface area contributed by atoms with E-state index in [-0.39, 0.29) is 11.3 Å². The van der Waals surface area contributed by atoms with Gasteiger partial charge in [0, 0.05) is 47.3 Å². The third-order valence-electron chi connectivity index (χ3n) is 6.22. The standard InChI is InChI=1S/C29H32N4O5/c1-6-12-29(3)13-11-20-15-26(19(2)14-27(20)38-29)32-28(30-21-7-9-23(10-8-21)33(34)35)31-22-16-24(36-4)18-25(17-22)37-5/h7-11,13-18H,6,12H2,1-5H3,(H2,30,31,32). The number of nitro groups is 1. The maximum absolute atomic E-state index is 11.1. The number of guanidine groups is 1. The summed E-state index contributed by atoms with van der Waals surface area (Å²) in [6, 6.07) is 15.5. The van der Waals surface area contributed by atoms with E-state index >= 15 is 0 Å². The van der Waals surface area contributed by atoms with Crippen LogP contribution in [-0.4, -0.2) is 30.7 Å². The molecule has 1 heterocycles. The van der Waals surface area contributed by atoms with E-state index in [1.54, 1.807) is 32.4 Å². The molecule has 0 aromatic heterocycles. The van der Waals surface area contributed by atoms with Crippen LogP contribution in [0.25, 0.3) is 6.08 Å². The van der Waals surface area contributed by atoms with Crippen LogP contribution < -0.4 is 24.8 Å². The van der Waals surface area contributed by atoms with Crippen LogP contribution in [-0.2, 0) is 0 Å². The first-order valence-electron chi connectivity index (χ1n) is 12.3. The number of benzene rings is 3. The Balaban J connectivity index is 1.71. The van der Waals surface area contributed by atoms with Crippen LogP contribution in [0.4, 0.5) is 22.7 Å². The van der Waals surface area contributed by atoms with Crippen molar-refractivity contribution >= 4 is 34.8 Å². The number of nitrogens with one attached hydrogen (secondary N) is 2. The Labute approximate surface area is 222 Å². The number of nitrogens with zero attached hydrogens (tertiary/aromatic N) is 2. The Morgan fingerprint density at radius 2 is 1.68 bits per heavy atom. The highest BCUT2D eigenvalue weighted by Crippen LogP contribution is 2.37. The zero-order valence-electron chi connectivity index (χ0n) is 22.2. The van der Waals surface area contributed by atoms with Crippen molar-refractivity contribution in [2.75, 3.05) is 24.9 Å². The fraction of sp³-hybridized carbons (Fsp3) is 0.276. The lowest BCUT2D eigenvalue weighted by molar-refractivity contribution is -0.384. The number of aryl methyl sites for hydroxylation is 1. The molecule has 0 amide bonds. The van der Waals surface area contributed by atoms with E-state index in [9.17, 15) is 10.1 Å². The molecule has 0 saturated carbocycles. The molecule has 0 aliphatic carbocycles. The van der Waals surface area contributed by atoms with Gasteiger partial charge in [0.05, 0.1) is 24.8 Å². The van der Waals surface area contributed by atoms with Gasteiger partial charge in [-0.1, -0.05) is 19.4 Å². The molecule has 0 radical (unpaired) electrons. The first kappa shape index (κ1) is 26.5. The molecular formula is C29H32N4O5. The van der Waals surface area contributed by atoms with E-state index in [4.69, 9.17) is 19.2 Å². The summed E-state index contributed by atoms with van der Waals surface area (Å²) in [6.45, 7) is 6.22. The highest BCUT2D eigenvalue weighted by Gasteiger charge is 2.27. The molecule has 198 valence electrons. The molecule has 2 N–H and O–H groups in total. The molecule has 3 aromatic rings. The number of non-ortho nitro benzene ring substituents is 1. The summed E-state index contributed by atoms with van der Waals surface area (Å²) in [4.78, 5) is 15.5. The molecule has 1 aliphatic heterocycles. The van der Waals surface area contributed by atoms with Crippen molar-refractivity contribution in [3.63, 3.8) is 0 Å². The van der Waals surface area contributed by atoms with Gasteiger partial charge in [-0.05, 0) is 56.2 Å². The third-order valence-corrected chi connectivity index (χ3v) is 6.22. The molecule has 1 unspecified atom stereocenters. The number of nitro benzene ring substituents is 1. The Morgan fingerprint density at radius 1 is 1.03 bits per heavy atom. The monoisotopic (exact) mass is 516 g/mol. The molecule has 4 rings (SSSR count). The minimum Gasteiger partial charge on any atom is -0.497 e. The van der Waals surface area contributed by atoms with Crippen molar-refractivity contribution in [1.82, 2.24) is 0 Å². The number of aliphatic imine (C=N–C) groups is 1. The molecule has 0 spiro atoms. The van der Waals surface area contributed by atoms with E-state index in [1.165, 1.54) is 12.1 Å². The number of hydrogen-bond acceptors (Lipinski definition) is 6. The lowest BCUT2D eigenvalue weighted by atomic mass is 9.95. The average molecular weight is 517 g/mol. The molecular weight excluding hydrogens is 484 g/mol. The lowest BCUT2D eigenvalue weighted by Crippen LogP contribution is -2.31. The summed E-state index contributed by atoms with van der Waals surface area (Å²) < 4.78 is 17.1. The van der Waals surface area contributed by atoms with Gasteiger partial charge in [-0.2, -0.15) is 0 Å². The summed E-state index contributed by atoms with van der Waals surface area (Å²) in [5.41, 5.74) is 3.62. The quantitative estimate of drug-likeness (QED) is 0.142. The molecule has 9 heteroatoms. The predicted molar refractivity (Wildman–Crippen MR) is 151 cm³/mol. The highest BCUT2D eigenvalue weighted by atomic mass is 16.6. The molecule has 1 atom stereocenters. The average Bonchev–Trinajstić information content (AvgIpc) is 2.89. The number of rotatable bonds is 8. The first-order chi connectivity index (χ1) is 18.2. The van der Waals surface area contributed by atoms with Gasteiger partial charge in [0.2, 0.25) is 5.96 Å². The van der Waals surface area contributed by atoms with Crippen LogP contribution in [0.1, 0.15) is 37.8 Å². The van der Waals surface area contributed by atoms with Crippen LogP contribution in [0.3, 0.4) is 0 Å². The Bertz CT molecular complexity index is 1360. The predicted octanol–water partition coefficient (Wildman–Crippen LogP) is 7.10. The zero-order valence-corrected chi connectivity index (χ0v) is 22.2. The number of methoxy groups -OCH3 is 2. The van der Waals surface area contributed by atoms with Gasteiger partial charge in [0.1, 0.15) is 22.8 Å². The number of fused-ring (bicyclic) bond motifs is 1. The van der Waals surface area contributed by atoms with Gasteiger partial charge in [-0.25, -0.2) is 4.99 Å². The summed E-state index contributed by atoms with van der Waals surface area (Å²) >= 11 is 0. The molecule has 0 fully saturated rings. The van der Waals surface area contributed by atoms with E-state index < -0.39 is 4.92 Å². The van der Waals surface area contributed by atoms with Gasteiger partial charge in [-0.3, -0.25) is 10.1 Å². The molecule has 38 heavy (non-hydrogen) atoms. The van der Waals surface area contributed by atoms with Crippen LogP contribution in [0, 0.1) is 17.0 Å². The van der Waals surface area contributed by atoms with Crippen LogP contribution in [0.15, 0.2) is 65.7 Å². The smallest absolute Gasteiger partial charge is 0.269 e. The number of ether oxygens (including phenoxy) is 3. The van der Waals surface area contributed by atoms with Gasteiger partial charge in [0.25, 0.3) is 5.69 Å². The van der Waals surface area contributed by atoms with Crippen LogP contribution >= 0.6 is 0 Å². The first-order valence-corrected chi connectivity index (χ1v) is 12.3. The van der Waals surface area contributed by atoms with Gasteiger partial charge in [0.15, 0.2) is 0 Å². The van der Waals surface area contributed by atoms with E-state index in [1.807, 2.05) is 31.2 Å². The molecule has 3 aromatic carbocycles. The van der Waals surface area contributed by atoms with Crippen molar-refractivity contribution in [3.05, 3.63) is 81.9 Å². The minimum absolute atomic E-state index is 0.00641. The fourth-order valence-electron chi connectivity index (χ4n) is 4.23. The Hall–Kier alpha value is -4.53. The minimum atomic E-state index is -0.433. The van der Waals surface area contributed by atoms with E-state index in [2.05, 4.69) is 36.6 Å². The molecule has 0 bridgehead atoms. The van der Waals surface area contributed by atoms with Crippen molar-refractivity contribution in [2.24, 2.45) is 4.99 Å². The largest absolute Gasteiger partial charge is 0.497 e. The van der Waals surface area contributed by atoms with Gasteiger partial charge < -0.3 is 24.8 Å². The van der Waals surface area contributed by atoms with Gasteiger partial charge >= 0.3 is 0 Å². The SMILES string of the molecule is CCCC1(C)C=Cc2cc(N=C(Nc3ccc([N+](=O)[O-])cc3)Nc3cc(OC)cc(OC)c3)c(C)cc2O1. The summed E-state index contributed by atoms with van der Waals surface area (Å²) in [6.07, 6.45) is 6.13. The van der Waals surface area contributed by atoms with Gasteiger partial charge in [-0.15, -0.1) is 0 Å². The molecule has 1 aliphatic rings. The van der Waals surface area contributed by atoms with Crippen molar-refractivity contribution in [2.45, 2.75) is 39.2 Å². The number of hydrogen-bond donors (Lipinski definition) is 2. The second-order valence-corrected chi connectivity index (χ2v) is 9.29.